The minimum atomic E-state index is 0. The van der Waals surface area contributed by atoms with E-state index in [0.717, 1.165) is 70.8 Å². The van der Waals surface area contributed by atoms with Gasteiger partial charge in [-0.1, -0.05) is 67.7 Å². The molecule has 0 radical (unpaired) electrons. The van der Waals surface area contributed by atoms with E-state index < -0.39 is 0 Å². The van der Waals surface area contributed by atoms with E-state index in [2.05, 4.69) is 72.7 Å². The summed E-state index contributed by atoms with van der Waals surface area (Å²) >= 11 is 0. The maximum atomic E-state index is 12.7. The molecule has 0 bridgehead atoms. The lowest BCUT2D eigenvalue weighted by atomic mass is 10.0. The monoisotopic (exact) mass is 522 g/mol. The summed E-state index contributed by atoms with van der Waals surface area (Å²) in [6.07, 6.45) is 36.1. The summed E-state index contributed by atoms with van der Waals surface area (Å²) in [7, 11) is 0. The Morgan fingerprint density at radius 3 is 2.14 bits per heavy atom. The highest BCUT2D eigenvalue weighted by atomic mass is 32.1. The molecule has 0 unspecified atom stereocenters. The zero-order valence-electron chi connectivity index (χ0n) is 22.6. The molecule has 37 heavy (non-hydrogen) atoms. The van der Waals surface area contributed by atoms with Crippen LogP contribution >= 0.6 is 13.5 Å². The van der Waals surface area contributed by atoms with Crippen LogP contribution in [0.3, 0.4) is 0 Å². The molecule has 1 atom stereocenters. The molecule has 0 aliphatic carbocycles. The maximum absolute atomic E-state index is 12.7. The van der Waals surface area contributed by atoms with E-state index in [-0.39, 0.29) is 25.4 Å². The van der Waals surface area contributed by atoms with Gasteiger partial charge in [0.15, 0.2) is 0 Å². The van der Waals surface area contributed by atoms with Crippen LogP contribution in [-0.4, -0.2) is 34.2 Å². The number of pyridine rings is 1. The van der Waals surface area contributed by atoms with Gasteiger partial charge in [0, 0.05) is 37.8 Å². The van der Waals surface area contributed by atoms with Crippen molar-refractivity contribution in [1.29, 1.82) is 0 Å². The Morgan fingerprint density at radius 1 is 0.919 bits per heavy atom. The molecule has 2 heterocycles. The van der Waals surface area contributed by atoms with Crippen molar-refractivity contribution in [2.24, 2.45) is 0 Å². The zero-order chi connectivity index (χ0) is 25.7. The number of nitrogens with zero attached hydrogens (tertiary/aromatic N) is 2. The van der Waals surface area contributed by atoms with Crippen LogP contribution in [0.5, 0.6) is 0 Å². The number of unbranched alkanes of at least 4 members (excludes halogenated alkanes) is 1. The van der Waals surface area contributed by atoms with Crippen molar-refractivity contribution in [1.82, 2.24) is 9.88 Å². The molecule has 5 heteroatoms. The molecule has 1 fully saturated rings. The van der Waals surface area contributed by atoms with Gasteiger partial charge in [-0.3, -0.25) is 14.6 Å². The summed E-state index contributed by atoms with van der Waals surface area (Å²) in [5.74, 6) is 0.347. The second-order valence-corrected chi connectivity index (χ2v) is 9.21. The Morgan fingerprint density at radius 2 is 1.54 bits per heavy atom. The minimum Gasteiger partial charge on any atom is -0.336 e. The zero-order valence-corrected chi connectivity index (χ0v) is 23.6. The van der Waals surface area contributed by atoms with E-state index in [1.807, 2.05) is 11.0 Å². The molecular weight excluding hydrogens is 476 g/mol. The third-order valence-corrected chi connectivity index (χ3v) is 6.29. The predicted molar refractivity (Wildman–Crippen MR) is 161 cm³/mol. The van der Waals surface area contributed by atoms with Gasteiger partial charge >= 0.3 is 0 Å². The van der Waals surface area contributed by atoms with Crippen LogP contribution in [0.1, 0.15) is 94.3 Å². The lowest BCUT2D eigenvalue weighted by Crippen LogP contribution is -2.35. The Hall–Kier alpha value is -2.66. The molecule has 1 saturated heterocycles. The molecule has 0 aromatic carbocycles. The van der Waals surface area contributed by atoms with Gasteiger partial charge in [-0.25, -0.2) is 0 Å². The number of aromatic nitrogens is 1. The topological polar surface area (TPSA) is 50.3 Å². The first-order valence-corrected chi connectivity index (χ1v) is 13.7. The van der Waals surface area contributed by atoms with E-state index in [9.17, 15) is 9.59 Å². The summed E-state index contributed by atoms with van der Waals surface area (Å²) in [6, 6.07) is 3.77. The van der Waals surface area contributed by atoms with Gasteiger partial charge in [0.05, 0.1) is 5.56 Å². The number of carbonyl (C=O) groups is 2. The normalized spacial score (nSPS) is 16.1. The molecule has 2 rings (SSSR count). The van der Waals surface area contributed by atoms with Crippen molar-refractivity contribution in [2.75, 3.05) is 6.54 Å². The van der Waals surface area contributed by atoms with Gasteiger partial charge < -0.3 is 4.90 Å². The maximum Gasteiger partial charge on any atom is 0.255 e. The Bertz CT molecular complexity index is 903. The van der Waals surface area contributed by atoms with E-state index >= 15 is 0 Å². The van der Waals surface area contributed by atoms with Crippen molar-refractivity contribution in [3.05, 3.63) is 90.9 Å². The van der Waals surface area contributed by atoms with Gasteiger partial charge in [0.1, 0.15) is 5.78 Å². The third-order valence-electron chi connectivity index (χ3n) is 6.29. The van der Waals surface area contributed by atoms with E-state index in [1.165, 1.54) is 0 Å². The van der Waals surface area contributed by atoms with Crippen molar-refractivity contribution >= 4 is 25.2 Å². The van der Waals surface area contributed by atoms with Crippen LogP contribution in [0.25, 0.3) is 0 Å². The van der Waals surface area contributed by atoms with Crippen LogP contribution in [0.15, 0.2) is 85.3 Å². The number of hydrogen-bond donors (Lipinski definition) is 0. The Kier molecular flexibility index (Phi) is 18.7. The molecule has 4 nitrogen and oxygen atoms in total. The number of allylic oxidation sites excluding steroid dienone is 10. The van der Waals surface area contributed by atoms with E-state index in [4.69, 9.17) is 0 Å². The van der Waals surface area contributed by atoms with Crippen molar-refractivity contribution < 1.29 is 9.59 Å². The molecule has 1 amide bonds. The fourth-order valence-electron chi connectivity index (χ4n) is 4.30. The largest absolute Gasteiger partial charge is 0.336 e. The molecule has 1 aromatic rings. The van der Waals surface area contributed by atoms with Crippen LogP contribution < -0.4 is 0 Å². The second-order valence-electron chi connectivity index (χ2n) is 9.21. The smallest absolute Gasteiger partial charge is 0.255 e. The van der Waals surface area contributed by atoms with Crippen LogP contribution in [-0.2, 0) is 4.79 Å². The Balaban J connectivity index is 0.00000684. The highest BCUT2D eigenvalue weighted by Gasteiger charge is 2.29. The average molecular weight is 523 g/mol. The van der Waals surface area contributed by atoms with Gasteiger partial charge in [0.2, 0.25) is 0 Å². The summed E-state index contributed by atoms with van der Waals surface area (Å²) < 4.78 is 0. The fourth-order valence-corrected chi connectivity index (χ4v) is 4.30. The van der Waals surface area contributed by atoms with Gasteiger partial charge in [0.25, 0.3) is 5.91 Å². The second kappa shape index (κ2) is 21.4. The minimum absolute atomic E-state index is 0. The van der Waals surface area contributed by atoms with Crippen LogP contribution in [0.4, 0.5) is 0 Å². The number of carbonyl (C=O) groups excluding carboxylic acids is 2. The lowest BCUT2D eigenvalue weighted by molar-refractivity contribution is -0.119. The first-order valence-electron chi connectivity index (χ1n) is 13.7. The van der Waals surface area contributed by atoms with Crippen LogP contribution in [0.2, 0.25) is 0 Å². The molecule has 202 valence electrons. The quantitative estimate of drug-likeness (QED) is 0.153. The van der Waals surface area contributed by atoms with Gasteiger partial charge in [-0.05, 0) is 76.3 Å². The number of rotatable bonds is 17. The molecule has 0 saturated carbocycles. The molecular formula is C32H46N2O2S. The van der Waals surface area contributed by atoms with Crippen molar-refractivity contribution in [3.8, 4) is 0 Å². The number of Topliss-reactive ketones (excluding diaryl/α,β-unsaturated/α-hetero) is 1. The number of ketones is 1. The first-order chi connectivity index (χ1) is 17.7. The average Bonchev–Trinajstić information content (AvgIpc) is 3.38. The molecule has 1 aliphatic rings. The highest BCUT2D eigenvalue weighted by Crippen LogP contribution is 2.24. The number of hydrogen-bond acceptors (Lipinski definition) is 3. The van der Waals surface area contributed by atoms with Crippen molar-refractivity contribution in [2.45, 2.75) is 90.0 Å². The summed E-state index contributed by atoms with van der Waals surface area (Å²) in [6.45, 7) is 2.93. The number of likely N-dealkylation sites (tertiary alicyclic amines) is 1. The standard InChI is InChI=1S/C32H44N2O2.H2S/c1-2-3-4-5-6-7-8-9-10-11-12-13-14-15-16-17-18-23-31(35)25-24-30-22-20-27-34(30)32(36)29-21-19-26-33-28-29;/h3-4,6-7,9-10,12-13,15-16,19,21,26,28,30H,2,5,8,11,14,17-18,20,22-25,27H2,1H3;1H2/b4-3-,7-6-,10-9-,13-12-,16-15-;/t30-;/m0./s1. The lowest BCUT2D eigenvalue weighted by Gasteiger charge is -2.24. The third kappa shape index (κ3) is 14.6. The van der Waals surface area contributed by atoms with E-state index in [0.29, 0.717) is 24.2 Å². The highest BCUT2D eigenvalue weighted by molar-refractivity contribution is 7.59. The molecule has 1 aromatic heterocycles. The van der Waals surface area contributed by atoms with Gasteiger partial charge in [-0.15, -0.1) is 0 Å². The molecule has 1 aliphatic heterocycles. The number of amides is 1. The van der Waals surface area contributed by atoms with E-state index in [1.54, 1.807) is 18.5 Å². The van der Waals surface area contributed by atoms with Gasteiger partial charge in [-0.2, -0.15) is 13.5 Å². The molecule has 0 spiro atoms. The fraction of sp³-hybridized carbons (Fsp3) is 0.469. The Labute approximate surface area is 231 Å². The molecule has 0 N–H and O–H groups in total. The SMILES string of the molecule is CC/C=C\C/C=C\C/C=C\C/C=C\C/C=C\CCCC(=O)CC[C@@H]1CCCN1C(=O)c1cccnc1.S. The van der Waals surface area contributed by atoms with Crippen LogP contribution in [0, 0.1) is 0 Å². The summed E-state index contributed by atoms with van der Waals surface area (Å²) in [5.41, 5.74) is 0.632. The van der Waals surface area contributed by atoms with Crippen molar-refractivity contribution in [3.63, 3.8) is 0 Å². The first kappa shape index (κ1) is 32.4. The predicted octanol–water partition coefficient (Wildman–Crippen LogP) is 8.07. The summed E-state index contributed by atoms with van der Waals surface area (Å²) in [4.78, 5) is 31.1. The summed E-state index contributed by atoms with van der Waals surface area (Å²) in [5, 5.41) is 0.